The number of nitrogens with zero attached hydrogens (tertiary/aromatic N) is 3. The average Bonchev–Trinajstić information content (AvgIpc) is 3.54. The Kier molecular flexibility index (Phi) is 7.19. The maximum Gasteiger partial charge on any atom is 0.276 e. The number of halogens is 1. The molecule has 188 valence electrons. The van der Waals surface area contributed by atoms with Gasteiger partial charge in [0.25, 0.3) is 11.8 Å². The molecule has 35 heavy (non-hydrogen) atoms. The zero-order chi connectivity index (χ0) is 25.3. The standard InChI is InChI=1S/C25H32ClN5O4/c1-15(2)35-12-6-11-27-24(34)25(4)13-30-14-28-20(21(30)23(33)31(25)17-9-10-17)22(32)29-19-8-5-7-18(26)16(19)3/h5,7-8,14-15,17H,6,9-13H2,1-4H3,(H,27,34)(H,29,32). The van der Waals surface area contributed by atoms with Crippen LogP contribution in [0, 0.1) is 6.92 Å². The number of imidazole rings is 1. The predicted molar refractivity (Wildman–Crippen MR) is 133 cm³/mol. The van der Waals surface area contributed by atoms with Crippen molar-refractivity contribution in [2.24, 2.45) is 0 Å². The number of hydrogen-bond acceptors (Lipinski definition) is 5. The Bertz CT molecular complexity index is 1140. The highest BCUT2D eigenvalue weighted by Crippen LogP contribution is 2.39. The molecule has 1 aliphatic heterocycles. The smallest absolute Gasteiger partial charge is 0.276 e. The molecule has 0 radical (unpaired) electrons. The van der Waals surface area contributed by atoms with Crippen molar-refractivity contribution in [2.45, 2.75) is 71.2 Å². The van der Waals surface area contributed by atoms with Crippen molar-refractivity contribution in [1.29, 1.82) is 0 Å². The number of nitrogens with one attached hydrogen (secondary N) is 2. The lowest BCUT2D eigenvalue weighted by atomic mass is 9.94. The zero-order valence-corrected chi connectivity index (χ0v) is 21.3. The molecule has 4 rings (SSSR count). The molecule has 1 fully saturated rings. The van der Waals surface area contributed by atoms with E-state index in [4.69, 9.17) is 16.3 Å². The topological polar surface area (TPSA) is 106 Å². The number of rotatable bonds is 9. The second-order valence-electron chi connectivity index (χ2n) is 9.65. The molecule has 2 aliphatic rings. The van der Waals surface area contributed by atoms with Gasteiger partial charge in [0.05, 0.1) is 19.0 Å². The number of amides is 3. The summed E-state index contributed by atoms with van der Waals surface area (Å²) in [5.41, 5.74) is 0.432. The first-order valence-corrected chi connectivity index (χ1v) is 12.4. The van der Waals surface area contributed by atoms with Crippen LogP contribution in [0.2, 0.25) is 5.02 Å². The van der Waals surface area contributed by atoms with E-state index in [1.54, 1.807) is 41.5 Å². The number of hydrogen-bond donors (Lipinski definition) is 2. The molecule has 0 saturated heterocycles. The largest absolute Gasteiger partial charge is 0.379 e. The number of ether oxygens (including phenoxy) is 1. The van der Waals surface area contributed by atoms with Crippen molar-refractivity contribution < 1.29 is 19.1 Å². The van der Waals surface area contributed by atoms with Crippen LogP contribution in [0.15, 0.2) is 24.5 Å². The fraction of sp³-hybridized carbons (Fsp3) is 0.520. The molecule has 0 bridgehead atoms. The summed E-state index contributed by atoms with van der Waals surface area (Å²) < 4.78 is 7.15. The first kappa shape index (κ1) is 25.2. The maximum absolute atomic E-state index is 13.7. The quantitative estimate of drug-likeness (QED) is 0.512. The molecule has 2 aromatic rings. The van der Waals surface area contributed by atoms with Crippen LogP contribution in [0.3, 0.4) is 0 Å². The van der Waals surface area contributed by atoms with Crippen LogP contribution in [0.1, 0.15) is 66.6 Å². The second-order valence-corrected chi connectivity index (χ2v) is 10.1. The summed E-state index contributed by atoms with van der Waals surface area (Å²) in [5.74, 6) is -1.07. The lowest BCUT2D eigenvalue weighted by molar-refractivity contribution is -0.133. The van der Waals surface area contributed by atoms with Crippen LogP contribution < -0.4 is 10.6 Å². The highest BCUT2D eigenvalue weighted by atomic mass is 35.5. The van der Waals surface area contributed by atoms with E-state index in [2.05, 4.69) is 15.6 Å². The second kappa shape index (κ2) is 9.99. The van der Waals surface area contributed by atoms with Crippen LogP contribution >= 0.6 is 11.6 Å². The van der Waals surface area contributed by atoms with E-state index < -0.39 is 11.4 Å². The fourth-order valence-electron chi connectivity index (χ4n) is 4.43. The molecule has 1 saturated carbocycles. The van der Waals surface area contributed by atoms with Crippen LogP contribution in [0.5, 0.6) is 0 Å². The van der Waals surface area contributed by atoms with Gasteiger partial charge in [-0.1, -0.05) is 17.7 Å². The summed E-state index contributed by atoms with van der Waals surface area (Å²) in [7, 11) is 0. The Labute approximate surface area is 210 Å². The van der Waals surface area contributed by atoms with Crippen molar-refractivity contribution in [1.82, 2.24) is 19.8 Å². The molecule has 1 unspecified atom stereocenters. The monoisotopic (exact) mass is 501 g/mol. The van der Waals surface area contributed by atoms with Crippen LogP contribution in [-0.2, 0) is 16.1 Å². The van der Waals surface area contributed by atoms with Crippen LogP contribution in [-0.4, -0.2) is 63.0 Å². The number of fused-ring (bicyclic) bond motifs is 1. The van der Waals surface area contributed by atoms with Crippen molar-refractivity contribution in [3.05, 3.63) is 46.5 Å². The minimum absolute atomic E-state index is 0.0303. The lowest BCUT2D eigenvalue weighted by Gasteiger charge is -2.44. The first-order chi connectivity index (χ1) is 16.6. The third-order valence-electron chi connectivity index (χ3n) is 6.46. The summed E-state index contributed by atoms with van der Waals surface area (Å²) in [6, 6.07) is 5.20. The Morgan fingerprint density at radius 1 is 1.31 bits per heavy atom. The zero-order valence-electron chi connectivity index (χ0n) is 20.6. The molecular weight excluding hydrogens is 470 g/mol. The first-order valence-electron chi connectivity index (χ1n) is 12.0. The summed E-state index contributed by atoms with van der Waals surface area (Å²) >= 11 is 6.17. The van der Waals surface area contributed by atoms with Gasteiger partial charge in [0, 0.05) is 29.9 Å². The SMILES string of the molecule is Cc1c(Cl)cccc1NC(=O)c1ncn2c1C(=O)N(C1CC1)C(C)(C(=O)NCCCOC(C)C)C2. The molecule has 2 heterocycles. The molecule has 1 aromatic carbocycles. The maximum atomic E-state index is 13.7. The minimum Gasteiger partial charge on any atom is -0.379 e. The van der Waals surface area contributed by atoms with Gasteiger partial charge < -0.3 is 24.8 Å². The van der Waals surface area contributed by atoms with Gasteiger partial charge in [-0.3, -0.25) is 14.4 Å². The van der Waals surface area contributed by atoms with Crippen molar-refractivity contribution in [3.63, 3.8) is 0 Å². The Morgan fingerprint density at radius 3 is 2.74 bits per heavy atom. The third kappa shape index (κ3) is 5.06. The van der Waals surface area contributed by atoms with Gasteiger partial charge in [-0.15, -0.1) is 0 Å². The van der Waals surface area contributed by atoms with Gasteiger partial charge >= 0.3 is 0 Å². The number of anilines is 1. The van der Waals surface area contributed by atoms with E-state index in [1.807, 2.05) is 13.8 Å². The molecule has 1 aliphatic carbocycles. The van der Waals surface area contributed by atoms with Gasteiger partial charge in [-0.05, 0) is 64.7 Å². The molecule has 1 atom stereocenters. The summed E-state index contributed by atoms with van der Waals surface area (Å²) in [6.45, 7) is 8.74. The average molecular weight is 502 g/mol. The van der Waals surface area contributed by atoms with Crippen molar-refractivity contribution in [2.75, 3.05) is 18.5 Å². The number of carbonyl (C=O) groups is 3. The normalized spacial score (nSPS) is 19.6. The van der Waals surface area contributed by atoms with Gasteiger partial charge in [0.15, 0.2) is 5.69 Å². The van der Waals surface area contributed by atoms with E-state index in [1.165, 1.54) is 6.33 Å². The van der Waals surface area contributed by atoms with Crippen LogP contribution in [0.4, 0.5) is 5.69 Å². The number of aromatic nitrogens is 2. The van der Waals surface area contributed by atoms with Gasteiger partial charge in [-0.25, -0.2) is 4.98 Å². The minimum atomic E-state index is -1.08. The Hall–Kier alpha value is -2.91. The summed E-state index contributed by atoms with van der Waals surface area (Å²) in [6.07, 6.45) is 3.93. The van der Waals surface area contributed by atoms with E-state index in [9.17, 15) is 14.4 Å². The van der Waals surface area contributed by atoms with E-state index in [0.29, 0.717) is 30.3 Å². The van der Waals surface area contributed by atoms with Gasteiger partial charge in [-0.2, -0.15) is 0 Å². The molecule has 9 nitrogen and oxygen atoms in total. The van der Waals surface area contributed by atoms with Crippen LogP contribution in [0.25, 0.3) is 0 Å². The molecule has 10 heteroatoms. The highest BCUT2D eigenvalue weighted by Gasteiger charge is 2.53. The molecule has 3 amide bonds. The molecule has 0 spiro atoms. The molecular formula is C25H32ClN5O4. The van der Waals surface area contributed by atoms with Gasteiger partial charge in [0.1, 0.15) is 11.2 Å². The van der Waals surface area contributed by atoms with E-state index in [-0.39, 0.29) is 41.9 Å². The fourth-order valence-corrected chi connectivity index (χ4v) is 4.60. The molecule has 1 aromatic heterocycles. The highest BCUT2D eigenvalue weighted by molar-refractivity contribution is 6.31. The lowest BCUT2D eigenvalue weighted by Crippen LogP contribution is -2.64. The summed E-state index contributed by atoms with van der Waals surface area (Å²) in [5, 5.41) is 6.31. The number of carbonyl (C=O) groups excluding carboxylic acids is 3. The van der Waals surface area contributed by atoms with Crippen molar-refractivity contribution >= 4 is 35.0 Å². The molecule has 2 N–H and O–H groups in total. The van der Waals surface area contributed by atoms with Gasteiger partial charge in [0.2, 0.25) is 5.91 Å². The van der Waals surface area contributed by atoms with Crippen molar-refractivity contribution in [3.8, 4) is 0 Å². The Morgan fingerprint density at radius 2 is 2.06 bits per heavy atom. The van der Waals surface area contributed by atoms with E-state index in [0.717, 1.165) is 18.4 Å². The van der Waals surface area contributed by atoms with E-state index >= 15 is 0 Å². The summed E-state index contributed by atoms with van der Waals surface area (Å²) in [4.78, 5) is 46.0. The number of benzene rings is 1. The predicted octanol–water partition coefficient (Wildman–Crippen LogP) is 3.41. The Balaban J connectivity index is 1.54. The third-order valence-corrected chi connectivity index (χ3v) is 6.87.